The molecule has 0 bridgehead atoms. The number of hydrogen-bond acceptors (Lipinski definition) is 5. The Kier molecular flexibility index (Phi) is 4.52. The lowest BCUT2D eigenvalue weighted by atomic mass is 9.97. The third-order valence-corrected chi connectivity index (χ3v) is 5.91. The van der Waals surface area contributed by atoms with Gasteiger partial charge in [-0.15, -0.1) is 10.2 Å². The van der Waals surface area contributed by atoms with Crippen molar-refractivity contribution in [3.8, 4) is 0 Å². The largest absolute Gasteiger partial charge is 0.549 e. The Hall–Kier alpha value is -1.86. The summed E-state index contributed by atoms with van der Waals surface area (Å²) in [6, 6.07) is 12.8. The molecule has 1 aliphatic rings. The number of hydrogen-bond donors (Lipinski definition) is 0. The minimum atomic E-state index is -1.12. The van der Waals surface area contributed by atoms with Gasteiger partial charge in [0.2, 0.25) is 4.73 Å². The fourth-order valence-corrected chi connectivity index (χ4v) is 4.22. The van der Waals surface area contributed by atoms with Gasteiger partial charge in [0.1, 0.15) is 0 Å². The van der Waals surface area contributed by atoms with Crippen molar-refractivity contribution >= 4 is 44.4 Å². The molecular formula is C18H15BrN3O2S-. The molecule has 0 radical (unpaired) electrons. The summed E-state index contributed by atoms with van der Waals surface area (Å²) in [6.45, 7) is 0.578. The monoisotopic (exact) mass is 416 g/mol. The fourth-order valence-electron chi connectivity index (χ4n) is 3.08. The van der Waals surface area contributed by atoms with Crippen molar-refractivity contribution in [1.29, 1.82) is 0 Å². The minimum Gasteiger partial charge on any atom is -0.549 e. The zero-order valence-electron chi connectivity index (χ0n) is 13.3. The van der Waals surface area contributed by atoms with Crippen molar-refractivity contribution in [3.63, 3.8) is 0 Å². The van der Waals surface area contributed by atoms with Crippen LogP contribution in [0.15, 0.2) is 46.3 Å². The van der Waals surface area contributed by atoms with Gasteiger partial charge in [0.15, 0.2) is 5.16 Å². The highest BCUT2D eigenvalue weighted by molar-refractivity contribution is 9.10. The summed E-state index contributed by atoms with van der Waals surface area (Å²) < 4.78 is 2.47. The molecular weight excluding hydrogens is 402 g/mol. The third kappa shape index (κ3) is 3.43. The quantitative estimate of drug-likeness (QED) is 0.577. The number of fused-ring (bicyclic) bond motifs is 1. The Morgan fingerprint density at radius 3 is 2.68 bits per heavy atom. The fraction of sp³-hybridized carbons (Fsp3) is 0.278. The molecule has 2 aromatic carbocycles. The second-order valence-corrected chi connectivity index (χ2v) is 7.78. The maximum Gasteiger partial charge on any atom is 0.201 e. The van der Waals surface area contributed by atoms with E-state index < -0.39 is 5.97 Å². The maximum absolute atomic E-state index is 10.7. The molecule has 0 saturated heterocycles. The zero-order chi connectivity index (χ0) is 17.4. The number of nitrogens with zero attached hydrogens (tertiary/aromatic N) is 3. The molecule has 7 heteroatoms. The normalized spacial score (nSPS) is 14.1. The summed E-state index contributed by atoms with van der Waals surface area (Å²) in [5.74, 6) is -0.573. The summed E-state index contributed by atoms with van der Waals surface area (Å²) in [5.41, 5.74) is 2.59. The predicted octanol–water partition coefficient (Wildman–Crippen LogP) is 2.96. The summed E-state index contributed by atoms with van der Waals surface area (Å²) in [6.07, 6.45) is 2.54. The van der Waals surface area contributed by atoms with E-state index in [0.29, 0.717) is 22.4 Å². The number of benzene rings is 2. The Morgan fingerprint density at radius 1 is 1.20 bits per heavy atom. The second kappa shape index (κ2) is 6.80. The van der Waals surface area contributed by atoms with Crippen LogP contribution in [0.25, 0.3) is 10.8 Å². The van der Waals surface area contributed by atoms with Crippen LogP contribution in [0.4, 0.5) is 0 Å². The number of carbonyl (C=O) groups is 1. The lowest BCUT2D eigenvalue weighted by Crippen LogP contribution is -2.24. The summed E-state index contributed by atoms with van der Waals surface area (Å²) in [7, 11) is 0. The Labute approximate surface area is 157 Å². The van der Waals surface area contributed by atoms with Gasteiger partial charge in [0, 0.05) is 5.75 Å². The van der Waals surface area contributed by atoms with Crippen LogP contribution in [0, 0.1) is 0 Å². The van der Waals surface area contributed by atoms with Crippen LogP contribution in [0.5, 0.6) is 0 Å². The van der Waals surface area contributed by atoms with Gasteiger partial charge in [-0.3, -0.25) is 4.57 Å². The molecule has 5 nitrogen and oxygen atoms in total. The van der Waals surface area contributed by atoms with E-state index in [0.717, 1.165) is 17.3 Å². The van der Waals surface area contributed by atoms with Crippen LogP contribution in [0.1, 0.15) is 29.9 Å². The lowest BCUT2D eigenvalue weighted by Gasteiger charge is -2.13. The topological polar surface area (TPSA) is 70.8 Å². The molecule has 0 N–H and O–H groups in total. The van der Waals surface area contributed by atoms with E-state index in [1.807, 2.05) is 4.57 Å². The molecule has 4 rings (SSSR count). The van der Waals surface area contributed by atoms with E-state index in [9.17, 15) is 9.90 Å². The van der Waals surface area contributed by atoms with E-state index >= 15 is 0 Å². The van der Waals surface area contributed by atoms with Crippen molar-refractivity contribution in [2.24, 2.45) is 0 Å². The maximum atomic E-state index is 10.7. The van der Waals surface area contributed by atoms with Crippen LogP contribution in [-0.2, 0) is 11.3 Å². The number of aliphatic carboxylic acids is 1. The number of halogens is 1. The number of thioether (sulfide) groups is 1. The molecule has 0 atom stereocenters. The molecule has 0 unspecified atom stereocenters. The first-order valence-electron chi connectivity index (χ1n) is 8.05. The number of carboxylic acids is 1. The predicted molar refractivity (Wildman–Crippen MR) is 98.5 cm³/mol. The molecule has 0 amide bonds. The summed E-state index contributed by atoms with van der Waals surface area (Å²) in [4.78, 5) is 10.7. The molecule has 3 aromatic rings. The summed E-state index contributed by atoms with van der Waals surface area (Å²) in [5, 5.41) is 21.9. The van der Waals surface area contributed by atoms with Crippen molar-refractivity contribution in [1.82, 2.24) is 14.8 Å². The van der Waals surface area contributed by atoms with Crippen molar-refractivity contribution < 1.29 is 9.90 Å². The smallest absolute Gasteiger partial charge is 0.201 e. The molecule has 25 heavy (non-hydrogen) atoms. The van der Waals surface area contributed by atoms with Gasteiger partial charge in [0.25, 0.3) is 0 Å². The lowest BCUT2D eigenvalue weighted by molar-refractivity contribution is -0.301. The van der Waals surface area contributed by atoms with E-state index in [1.165, 1.54) is 29.2 Å². The highest BCUT2D eigenvalue weighted by atomic mass is 79.9. The molecule has 1 aromatic heterocycles. The average Bonchev–Trinajstić information content (AvgIpc) is 3.39. The highest BCUT2D eigenvalue weighted by Crippen LogP contribution is 2.43. The van der Waals surface area contributed by atoms with E-state index in [1.54, 1.807) is 0 Å². The van der Waals surface area contributed by atoms with E-state index in [2.05, 4.69) is 62.5 Å². The van der Waals surface area contributed by atoms with Crippen molar-refractivity contribution in [2.45, 2.75) is 30.5 Å². The Bertz CT molecular complexity index is 953. The van der Waals surface area contributed by atoms with Gasteiger partial charge < -0.3 is 9.90 Å². The average molecular weight is 417 g/mol. The van der Waals surface area contributed by atoms with Gasteiger partial charge in [-0.2, -0.15) is 0 Å². The van der Waals surface area contributed by atoms with E-state index in [4.69, 9.17) is 0 Å². The van der Waals surface area contributed by atoms with Crippen LogP contribution >= 0.6 is 27.7 Å². The van der Waals surface area contributed by atoms with Crippen LogP contribution < -0.4 is 5.11 Å². The van der Waals surface area contributed by atoms with Gasteiger partial charge in [0.05, 0.1) is 12.5 Å². The molecule has 1 heterocycles. The van der Waals surface area contributed by atoms with Crippen molar-refractivity contribution in [3.05, 3.63) is 52.3 Å². The second-order valence-electron chi connectivity index (χ2n) is 6.13. The van der Waals surface area contributed by atoms with Gasteiger partial charge >= 0.3 is 0 Å². The van der Waals surface area contributed by atoms with Gasteiger partial charge in [-0.05, 0) is 56.6 Å². The number of carbonyl (C=O) groups excluding carboxylic acids is 1. The first kappa shape index (κ1) is 16.6. The minimum absolute atomic E-state index is 0.146. The first-order chi connectivity index (χ1) is 12.1. The Morgan fingerprint density at radius 2 is 1.96 bits per heavy atom. The van der Waals surface area contributed by atoms with Gasteiger partial charge in [-0.1, -0.05) is 48.2 Å². The molecule has 1 fully saturated rings. The van der Waals surface area contributed by atoms with Crippen LogP contribution in [0.2, 0.25) is 0 Å². The molecule has 0 spiro atoms. The van der Waals surface area contributed by atoms with Gasteiger partial charge in [-0.25, -0.2) is 0 Å². The van der Waals surface area contributed by atoms with E-state index in [-0.39, 0.29) is 5.75 Å². The number of rotatable bonds is 6. The molecule has 0 aliphatic heterocycles. The third-order valence-electron chi connectivity index (χ3n) is 4.38. The molecule has 1 saturated carbocycles. The van der Waals surface area contributed by atoms with Crippen molar-refractivity contribution in [2.75, 3.05) is 5.75 Å². The van der Waals surface area contributed by atoms with Crippen LogP contribution in [-0.4, -0.2) is 26.5 Å². The Balaban J connectivity index is 1.71. The van der Waals surface area contributed by atoms with Crippen LogP contribution in [0.3, 0.4) is 0 Å². The zero-order valence-corrected chi connectivity index (χ0v) is 15.7. The SMILES string of the molecule is O=C([O-])CSc1nnc(Br)n1Cc1ccc(C2CC2)c2ccccc12. The number of carboxylic acid groups (broad SMARTS) is 1. The first-order valence-corrected chi connectivity index (χ1v) is 9.83. The number of aromatic nitrogens is 3. The standard InChI is InChI=1S/C18H16BrN3O2S/c19-17-20-21-18(25-10-16(23)24)22(17)9-12-7-8-14(11-5-6-11)15-4-2-1-3-13(12)15/h1-4,7-8,11H,5-6,9-10H2,(H,23,24)/p-1. The summed E-state index contributed by atoms with van der Waals surface area (Å²) >= 11 is 4.52. The highest BCUT2D eigenvalue weighted by Gasteiger charge is 2.25. The molecule has 1 aliphatic carbocycles. The molecule has 128 valence electrons.